The molecule has 4 bridgehead atoms. The van der Waals surface area contributed by atoms with E-state index >= 15 is 0 Å². The number of nitrogens with zero attached hydrogens (tertiary/aromatic N) is 2. The predicted octanol–water partition coefficient (Wildman–Crippen LogP) is 6.20. The highest BCUT2D eigenvalue weighted by Gasteiger charge is 2.72. The van der Waals surface area contributed by atoms with Gasteiger partial charge in [-0.2, -0.15) is 0 Å². The van der Waals surface area contributed by atoms with E-state index in [4.69, 9.17) is 19.3 Å². The molecule has 11 heteroatoms. The van der Waals surface area contributed by atoms with E-state index < -0.39 is 17.1 Å². The fraction of sp³-hybridized carbons (Fsp3) is 0.545. The number of anilines is 1. The third-order valence-electron chi connectivity index (χ3n) is 14.2. The molecule has 7 aliphatic rings. The fourth-order valence-corrected chi connectivity index (χ4v) is 11.7. The van der Waals surface area contributed by atoms with Crippen LogP contribution < -0.4 is 19.5 Å². The number of carbonyl (C=O) groups excluding carboxylic acids is 2. The van der Waals surface area contributed by atoms with Gasteiger partial charge in [0.2, 0.25) is 5.91 Å². The minimum absolute atomic E-state index is 0. The lowest BCUT2D eigenvalue weighted by Gasteiger charge is -2.62. The Bertz CT molecular complexity index is 1940. The Morgan fingerprint density at radius 1 is 0.909 bits per heavy atom. The molecule has 2 saturated carbocycles. The van der Waals surface area contributed by atoms with Crippen molar-refractivity contribution in [1.29, 1.82) is 0 Å². The summed E-state index contributed by atoms with van der Waals surface area (Å²) in [5.41, 5.74) is 5.10. The van der Waals surface area contributed by atoms with Crippen LogP contribution in [-0.2, 0) is 33.3 Å². The van der Waals surface area contributed by atoms with Crippen LogP contribution in [0.5, 0.6) is 23.0 Å². The minimum Gasteiger partial charge on any atom is -0.508 e. The number of hydrogen-bond acceptors (Lipinski definition) is 9. The molecular weight excluding hydrogens is 718 g/mol. The van der Waals surface area contributed by atoms with Crippen molar-refractivity contribution in [3.05, 3.63) is 76.9 Å². The molecule has 1 amide bonds. The Kier molecular flexibility index (Phi) is 10.7. The normalized spacial score (nSPS) is 31.9. The van der Waals surface area contributed by atoms with Crippen molar-refractivity contribution < 1.29 is 34.0 Å². The zero-order valence-electron chi connectivity index (χ0n) is 32.7. The number of fused-ring (bicyclic) bond motifs is 1. The number of likely N-dealkylation sites (tertiary alicyclic amines) is 2. The molecule has 3 aromatic rings. The Hall–Kier alpha value is -3.83. The molecule has 3 aliphatic heterocycles. The van der Waals surface area contributed by atoms with E-state index in [2.05, 4.69) is 53.5 Å². The maximum atomic E-state index is 12.7. The molecule has 3 heterocycles. The summed E-state index contributed by atoms with van der Waals surface area (Å²) in [6.07, 6.45) is 10.1. The molecule has 296 valence electrons. The molecule has 0 radical (unpaired) electrons. The number of methoxy groups -OCH3 is 2. The van der Waals surface area contributed by atoms with Gasteiger partial charge in [0.1, 0.15) is 11.5 Å². The van der Waals surface area contributed by atoms with Gasteiger partial charge in [0.15, 0.2) is 23.4 Å². The number of ketones is 1. The largest absolute Gasteiger partial charge is 0.508 e. The maximum Gasteiger partial charge on any atom is 0.221 e. The van der Waals surface area contributed by atoms with E-state index in [9.17, 15) is 14.7 Å². The number of aliphatic hydroxyl groups is 1. The molecule has 7 atom stereocenters. The first kappa shape index (κ1) is 39.4. The summed E-state index contributed by atoms with van der Waals surface area (Å²) < 4.78 is 17.1. The van der Waals surface area contributed by atoms with Crippen molar-refractivity contribution in [2.75, 3.05) is 46.7 Å². The SMILES string of the molecule is CC(=O)Nc1ccc(O)cc1.COc1ccc2c(c1)[C@]13CCCC[C@@H]1[C@H](C2)N(C)CC3.COc1ccc2c3c1O[C@H]1C(=O)CC[C@@]4(O)[C@@H](C2)N(C)CC[C@]314.Cl. The second kappa shape index (κ2) is 14.9. The summed E-state index contributed by atoms with van der Waals surface area (Å²) >= 11 is 0. The van der Waals surface area contributed by atoms with Gasteiger partial charge in [-0.15, -0.1) is 12.4 Å². The molecule has 10 rings (SSSR count). The Balaban J connectivity index is 0.000000134. The van der Waals surface area contributed by atoms with Crippen molar-refractivity contribution >= 4 is 29.8 Å². The predicted molar refractivity (Wildman–Crippen MR) is 214 cm³/mol. The lowest BCUT2D eigenvalue weighted by atomic mass is 9.49. The molecule has 4 fully saturated rings. The summed E-state index contributed by atoms with van der Waals surface area (Å²) in [5.74, 6) is 3.46. The number of aromatic hydroxyl groups is 1. The Morgan fingerprint density at radius 2 is 1.65 bits per heavy atom. The second-order valence-corrected chi connectivity index (χ2v) is 16.7. The van der Waals surface area contributed by atoms with Gasteiger partial charge in [-0.05, 0) is 137 Å². The number of Topliss-reactive ketones (excluding diaryl/α,β-unsaturated/α-hetero) is 1. The first-order chi connectivity index (χ1) is 26.0. The number of phenolic OH excluding ortho intramolecular Hbond substituents is 1. The fourth-order valence-electron chi connectivity index (χ4n) is 11.7. The van der Waals surface area contributed by atoms with Crippen LogP contribution >= 0.6 is 12.4 Å². The van der Waals surface area contributed by atoms with Crippen LogP contribution in [0.15, 0.2) is 54.6 Å². The van der Waals surface area contributed by atoms with Gasteiger partial charge in [0.25, 0.3) is 0 Å². The van der Waals surface area contributed by atoms with E-state index in [0.717, 1.165) is 42.7 Å². The summed E-state index contributed by atoms with van der Waals surface area (Å²) in [7, 11) is 7.82. The second-order valence-electron chi connectivity index (χ2n) is 16.7. The monoisotopic (exact) mass is 773 g/mol. The number of likely N-dealkylation sites (N-methyl/N-ethyl adjacent to an activating group) is 2. The number of phenols is 1. The molecule has 4 aliphatic carbocycles. The number of carbonyl (C=O) groups is 2. The zero-order valence-corrected chi connectivity index (χ0v) is 33.5. The van der Waals surface area contributed by atoms with Crippen LogP contribution in [0.2, 0.25) is 0 Å². The number of amides is 1. The van der Waals surface area contributed by atoms with Crippen LogP contribution in [0.3, 0.4) is 0 Å². The van der Waals surface area contributed by atoms with Gasteiger partial charge in [-0.1, -0.05) is 25.0 Å². The summed E-state index contributed by atoms with van der Waals surface area (Å²) in [6.45, 7) is 3.57. The summed E-state index contributed by atoms with van der Waals surface area (Å²) in [6, 6.07) is 18.0. The zero-order chi connectivity index (χ0) is 38.0. The third-order valence-corrected chi connectivity index (χ3v) is 14.2. The molecule has 1 spiro atoms. The Labute approximate surface area is 330 Å². The van der Waals surface area contributed by atoms with Gasteiger partial charge >= 0.3 is 0 Å². The number of rotatable bonds is 3. The van der Waals surface area contributed by atoms with Gasteiger partial charge in [-0.3, -0.25) is 9.59 Å². The molecule has 55 heavy (non-hydrogen) atoms. The lowest BCUT2D eigenvalue weighted by molar-refractivity contribution is -0.185. The standard InChI is InChI=1S/C18H21NO4.C18H25NO.C8H9NO2.ClH/c1-19-8-7-17-14-10-3-4-12(22-2)15(14)23-16(17)11(20)5-6-18(17,21)13(19)9-10;1-19-10-9-18-8-4-3-5-15(18)17(19)11-13-6-7-14(20-2)12-16(13)18;1-6(10)9-7-2-4-8(11)5-3-7;/h3-4,13,16,21H,5-9H2,1-2H3;6-7,12,15,17H,3-5,8-11H2,1-2H3;2-5,11H,1H3,(H,9,10);1H/t13-,16+,17+,18-;15-,17+,18+;;/m11../s1. The first-order valence-corrected chi connectivity index (χ1v) is 19.7. The van der Waals surface area contributed by atoms with E-state index in [1.165, 1.54) is 69.7 Å². The molecule has 10 nitrogen and oxygen atoms in total. The van der Waals surface area contributed by atoms with Gasteiger partial charge < -0.3 is 39.5 Å². The third kappa shape index (κ3) is 6.19. The van der Waals surface area contributed by atoms with E-state index in [-0.39, 0.29) is 35.9 Å². The number of ether oxygens (including phenoxy) is 3. The summed E-state index contributed by atoms with van der Waals surface area (Å²) in [5, 5.41) is 23.2. The molecule has 2 saturated heterocycles. The van der Waals surface area contributed by atoms with Gasteiger partial charge in [0.05, 0.1) is 25.2 Å². The van der Waals surface area contributed by atoms with Crippen LogP contribution in [0.1, 0.15) is 80.5 Å². The maximum absolute atomic E-state index is 12.7. The highest BCUT2D eigenvalue weighted by Crippen LogP contribution is 2.64. The molecule has 0 aromatic heterocycles. The van der Waals surface area contributed by atoms with E-state index in [1.54, 1.807) is 37.5 Å². The number of nitrogens with one attached hydrogen (secondary N) is 1. The molecule has 0 unspecified atom stereocenters. The number of halogens is 1. The Morgan fingerprint density at radius 3 is 2.38 bits per heavy atom. The van der Waals surface area contributed by atoms with E-state index in [1.807, 2.05) is 6.07 Å². The smallest absolute Gasteiger partial charge is 0.221 e. The number of hydrogen-bond donors (Lipinski definition) is 3. The van der Waals surface area contributed by atoms with Crippen molar-refractivity contribution in [2.24, 2.45) is 5.92 Å². The van der Waals surface area contributed by atoms with Crippen molar-refractivity contribution in [1.82, 2.24) is 9.80 Å². The number of benzene rings is 3. The lowest BCUT2D eigenvalue weighted by Crippen LogP contribution is -2.76. The van der Waals surface area contributed by atoms with Crippen LogP contribution in [0, 0.1) is 5.92 Å². The highest BCUT2D eigenvalue weighted by atomic mass is 35.5. The van der Waals surface area contributed by atoms with Crippen LogP contribution in [-0.4, -0.2) is 96.9 Å². The highest BCUT2D eigenvalue weighted by molar-refractivity contribution is 5.90. The average molecular weight is 774 g/mol. The van der Waals surface area contributed by atoms with Crippen molar-refractivity contribution in [2.45, 2.75) is 106 Å². The van der Waals surface area contributed by atoms with Crippen molar-refractivity contribution in [3.63, 3.8) is 0 Å². The first-order valence-electron chi connectivity index (χ1n) is 19.7. The van der Waals surface area contributed by atoms with Gasteiger partial charge in [0, 0.05) is 42.1 Å². The topological polar surface area (TPSA) is 121 Å². The minimum atomic E-state index is -0.900. The molecule has 3 aromatic carbocycles. The molecule has 3 N–H and O–H groups in total. The molecular formula is C44H56ClN3O7. The number of piperidine rings is 2. The average Bonchev–Trinajstić information content (AvgIpc) is 3.54. The summed E-state index contributed by atoms with van der Waals surface area (Å²) in [4.78, 5) is 28.1. The van der Waals surface area contributed by atoms with Crippen LogP contribution in [0.25, 0.3) is 0 Å². The van der Waals surface area contributed by atoms with E-state index in [0.29, 0.717) is 35.4 Å². The quantitative estimate of drug-likeness (QED) is 0.267. The van der Waals surface area contributed by atoms with Crippen LogP contribution in [0.4, 0.5) is 5.69 Å². The van der Waals surface area contributed by atoms with Crippen molar-refractivity contribution in [3.8, 4) is 23.0 Å². The van der Waals surface area contributed by atoms with Gasteiger partial charge in [-0.25, -0.2) is 0 Å².